The van der Waals surface area contributed by atoms with E-state index in [1.807, 2.05) is 0 Å². The second-order valence-electron chi connectivity index (χ2n) is 6.83. The molecule has 2 heterocycles. The van der Waals surface area contributed by atoms with Crippen molar-refractivity contribution in [3.05, 3.63) is 68.4 Å². The van der Waals surface area contributed by atoms with E-state index in [0.717, 1.165) is 4.90 Å². The molecule has 0 N–H and O–H groups in total. The van der Waals surface area contributed by atoms with Crippen LogP contribution >= 0.6 is 23.2 Å². The van der Waals surface area contributed by atoms with E-state index in [0.29, 0.717) is 12.1 Å². The van der Waals surface area contributed by atoms with Gasteiger partial charge in [-0.1, -0.05) is 23.2 Å². The van der Waals surface area contributed by atoms with Crippen LogP contribution < -0.4 is 0 Å². The van der Waals surface area contributed by atoms with Gasteiger partial charge in [-0.15, -0.1) is 0 Å². The molecule has 29 heavy (non-hydrogen) atoms. The Bertz CT molecular complexity index is 1060. The van der Waals surface area contributed by atoms with E-state index in [1.54, 1.807) is 4.90 Å². The van der Waals surface area contributed by atoms with Crippen molar-refractivity contribution in [2.45, 2.75) is 6.10 Å². The molecule has 1 saturated heterocycles. The maximum atomic E-state index is 13.9. The first-order valence-electron chi connectivity index (χ1n) is 8.79. The molecule has 1 atom stereocenters. The lowest BCUT2D eigenvalue weighted by Gasteiger charge is -2.33. The van der Waals surface area contributed by atoms with Crippen molar-refractivity contribution in [2.24, 2.45) is 0 Å². The number of halogens is 3. The van der Waals surface area contributed by atoms with Crippen molar-refractivity contribution in [3.63, 3.8) is 0 Å². The van der Waals surface area contributed by atoms with Crippen LogP contribution in [0, 0.1) is 5.82 Å². The maximum absolute atomic E-state index is 13.9. The molecular formula is C20H15Cl2FN2O4. The van der Waals surface area contributed by atoms with Gasteiger partial charge in [0.15, 0.2) is 0 Å². The van der Waals surface area contributed by atoms with Crippen molar-refractivity contribution in [1.82, 2.24) is 9.80 Å². The number of amides is 3. The van der Waals surface area contributed by atoms with Gasteiger partial charge in [0.05, 0.1) is 29.3 Å². The molecule has 2 aliphatic rings. The van der Waals surface area contributed by atoms with Gasteiger partial charge in [0.1, 0.15) is 11.9 Å². The molecule has 1 fully saturated rings. The van der Waals surface area contributed by atoms with E-state index in [1.165, 1.54) is 37.4 Å². The molecule has 2 aromatic rings. The van der Waals surface area contributed by atoms with Crippen LogP contribution in [-0.4, -0.2) is 54.3 Å². The standard InChI is InChI=1S/C20H15Cl2FN2O4/c1-24-19(27)11-3-2-10(6-12(11)20(24)28)18(26)25-4-5-29-17(9-25)13-7-16(23)15(22)8-14(13)21/h2-3,6-8,17H,4-5,9H2,1H3. The quantitative estimate of drug-likeness (QED) is 0.532. The summed E-state index contributed by atoms with van der Waals surface area (Å²) in [5.41, 5.74) is 1.17. The third kappa shape index (κ3) is 3.39. The van der Waals surface area contributed by atoms with Gasteiger partial charge < -0.3 is 9.64 Å². The molecule has 0 aromatic heterocycles. The molecular weight excluding hydrogens is 422 g/mol. The Morgan fingerprint density at radius 1 is 1.10 bits per heavy atom. The van der Waals surface area contributed by atoms with Crippen LogP contribution in [-0.2, 0) is 4.74 Å². The first-order chi connectivity index (χ1) is 13.8. The summed E-state index contributed by atoms with van der Waals surface area (Å²) < 4.78 is 19.6. The number of ether oxygens (including phenoxy) is 1. The Morgan fingerprint density at radius 2 is 1.83 bits per heavy atom. The number of carbonyl (C=O) groups excluding carboxylic acids is 3. The van der Waals surface area contributed by atoms with Crippen LogP contribution in [0.2, 0.25) is 10.0 Å². The number of benzene rings is 2. The smallest absolute Gasteiger partial charge is 0.261 e. The number of imide groups is 1. The molecule has 6 nitrogen and oxygen atoms in total. The van der Waals surface area contributed by atoms with Gasteiger partial charge in [-0.2, -0.15) is 0 Å². The summed E-state index contributed by atoms with van der Waals surface area (Å²) in [5.74, 6) is -1.77. The fraction of sp³-hybridized carbons (Fsp3) is 0.250. The zero-order valence-corrected chi connectivity index (χ0v) is 16.8. The fourth-order valence-electron chi connectivity index (χ4n) is 3.48. The second kappa shape index (κ2) is 7.40. The lowest BCUT2D eigenvalue weighted by molar-refractivity contribution is -0.0228. The molecule has 0 radical (unpaired) electrons. The Kier molecular flexibility index (Phi) is 5.06. The third-order valence-electron chi connectivity index (χ3n) is 5.08. The molecule has 3 amide bonds. The van der Waals surface area contributed by atoms with Crippen LogP contribution in [0.1, 0.15) is 42.7 Å². The van der Waals surface area contributed by atoms with Crippen molar-refractivity contribution in [3.8, 4) is 0 Å². The number of fused-ring (bicyclic) bond motifs is 1. The van der Waals surface area contributed by atoms with E-state index in [9.17, 15) is 18.8 Å². The van der Waals surface area contributed by atoms with Crippen LogP contribution in [0.4, 0.5) is 4.39 Å². The van der Waals surface area contributed by atoms with Crippen LogP contribution in [0.3, 0.4) is 0 Å². The average molecular weight is 437 g/mol. The summed E-state index contributed by atoms with van der Waals surface area (Å²) in [7, 11) is 1.40. The summed E-state index contributed by atoms with van der Waals surface area (Å²) in [6, 6.07) is 6.94. The highest BCUT2D eigenvalue weighted by Gasteiger charge is 2.34. The zero-order valence-electron chi connectivity index (χ0n) is 15.2. The number of nitrogens with zero attached hydrogens (tertiary/aromatic N) is 2. The normalized spacial score (nSPS) is 19.0. The minimum absolute atomic E-state index is 0.0928. The largest absolute Gasteiger partial charge is 0.370 e. The molecule has 0 saturated carbocycles. The monoisotopic (exact) mass is 436 g/mol. The van der Waals surface area contributed by atoms with Crippen molar-refractivity contribution in [2.75, 3.05) is 26.7 Å². The second-order valence-corrected chi connectivity index (χ2v) is 7.64. The molecule has 2 aromatic carbocycles. The van der Waals surface area contributed by atoms with Crippen LogP contribution in [0.25, 0.3) is 0 Å². The summed E-state index contributed by atoms with van der Waals surface area (Å²) in [6.07, 6.45) is -0.615. The lowest BCUT2D eigenvalue weighted by atomic mass is 10.0. The maximum Gasteiger partial charge on any atom is 0.261 e. The Hall–Kier alpha value is -2.48. The predicted molar refractivity (Wildman–Crippen MR) is 104 cm³/mol. The van der Waals surface area contributed by atoms with E-state index in [2.05, 4.69) is 0 Å². The molecule has 150 valence electrons. The van der Waals surface area contributed by atoms with Crippen LogP contribution in [0.15, 0.2) is 30.3 Å². The van der Waals surface area contributed by atoms with Gasteiger partial charge in [-0.05, 0) is 30.3 Å². The molecule has 0 bridgehead atoms. The Labute approximate surface area is 175 Å². The molecule has 2 aliphatic heterocycles. The van der Waals surface area contributed by atoms with Gasteiger partial charge in [0.2, 0.25) is 0 Å². The molecule has 0 aliphatic carbocycles. The van der Waals surface area contributed by atoms with Gasteiger partial charge in [-0.25, -0.2) is 4.39 Å². The van der Waals surface area contributed by atoms with E-state index in [-0.39, 0.29) is 45.8 Å². The van der Waals surface area contributed by atoms with E-state index < -0.39 is 23.7 Å². The minimum Gasteiger partial charge on any atom is -0.370 e. The average Bonchev–Trinajstić information content (AvgIpc) is 2.94. The fourth-order valence-corrected chi connectivity index (χ4v) is 3.99. The third-order valence-corrected chi connectivity index (χ3v) is 5.69. The van der Waals surface area contributed by atoms with Crippen molar-refractivity contribution < 1.29 is 23.5 Å². The number of hydrogen-bond acceptors (Lipinski definition) is 4. The van der Waals surface area contributed by atoms with Crippen LogP contribution in [0.5, 0.6) is 0 Å². The van der Waals surface area contributed by atoms with Gasteiger partial charge in [0.25, 0.3) is 17.7 Å². The van der Waals surface area contributed by atoms with E-state index in [4.69, 9.17) is 27.9 Å². The minimum atomic E-state index is -0.621. The number of carbonyl (C=O) groups is 3. The molecule has 4 rings (SSSR count). The van der Waals surface area contributed by atoms with Gasteiger partial charge >= 0.3 is 0 Å². The Morgan fingerprint density at radius 3 is 2.59 bits per heavy atom. The topological polar surface area (TPSA) is 66.9 Å². The van der Waals surface area contributed by atoms with Gasteiger partial charge in [0, 0.05) is 29.7 Å². The lowest BCUT2D eigenvalue weighted by Crippen LogP contribution is -2.42. The summed E-state index contributed by atoms with van der Waals surface area (Å²) >= 11 is 11.9. The number of rotatable bonds is 2. The number of hydrogen-bond donors (Lipinski definition) is 0. The summed E-state index contributed by atoms with van der Waals surface area (Å²) in [4.78, 5) is 39.7. The first-order valence-corrected chi connectivity index (χ1v) is 9.55. The van der Waals surface area contributed by atoms with Crippen molar-refractivity contribution in [1.29, 1.82) is 0 Å². The molecule has 9 heteroatoms. The first kappa shape index (κ1) is 19.8. The zero-order chi connectivity index (χ0) is 20.9. The summed E-state index contributed by atoms with van der Waals surface area (Å²) in [6.45, 7) is 0.721. The number of morpholine rings is 1. The van der Waals surface area contributed by atoms with Gasteiger partial charge in [-0.3, -0.25) is 19.3 Å². The van der Waals surface area contributed by atoms with E-state index >= 15 is 0 Å². The highest BCUT2D eigenvalue weighted by Crippen LogP contribution is 2.33. The van der Waals surface area contributed by atoms with Crippen molar-refractivity contribution >= 4 is 40.9 Å². The SMILES string of the molecule is CN1C(=O)c2ccc(C(=O)N3CCOC(c4cc(F)c(Cl)cc4Cl)C3)cc2C1=O. The predicted octanol–water partition coefficient (Wildman–Crippen LogP) is 3.57. The highest BCUT2D eigenvalue weighted by atomic mass is 35.5. The highest BCUT2D eigenvalue weighted by molar-refractivity contribution is 6.35. The molecule has 0 spiro atoms. The Balaban J connectivity index is 1.58. The molecule has 1 unspecified atom stereocenters. The summed E-state index contributed by atoms with van der Waals surface area (Å²) in [5, 5.41) is 0.158.